The van der Waals surface area contributed by atoms with E-state index in [0.717, 1.165) is 12.3 Å². The number of hydrogen-bond donors (Lipinski definition) is 0. The molecule has 0 spiro atoms. The highest BCUT2D eigenvalue weighted by Gasteiger charge is 2.18. The molecule has 0 amide bonds. The third kappa shape index (κ3) is 5.20. The molecule has 0 bridgehead atoms. The molecule has 0 rings (SSSR count). The maximum Gasteiger partial charge on any atom is 0.257 e. The average molecular weight is 211 g/mol. The van der Waals surface area contributed by atoms with Crippen LogP contribution in [0.3, 0.4) is 0 Å². The first-order valence-electron chi connectivity index (χ1n) is 3.98. The molecule has 0 aromatic heterocycles. The molecule has 3 nitrogen and oxygen atoms in total. The van der Waals surface area contributed by atoms with Gasteiger partial charge < -0.3 is 9.42 Å². The van der Waals surface area contributed by atoms with Gasteiger partial charge in [-0.25, -0.2) is 0 Å². The van der Waals surface area contributed by atoms with Crippen LogP contribution < -0.4 is 0 Å². The minimum Gasteiger partial charge on any atom is -0.324 e. The Kier molecular flexibility index (Phi) is 6.28. The molecule has 0 saturated heterocycles. The smallest absolute Gasteiger partial charge is 0.257 e. The Morgan fingerprint density at radius 1 is 1.50 bits per heavy atom. The van der Waals surface area contributed by atoms with Crippen molar-refractivity contribution in [3.05, 3.63) is 0 Å². The van der Waals surface area contributed by atoms with Crippen LogP contribution in [-0.2, 0) is 9.09 Å². The first kappa shape index (κ1) is 12.5. The summed E-state index contributed by atoms with van der Waals surface area (Å²) in [6.45, 7) is 0.491. The van der Waals surface area contributed by atoms with Gasteiger partial charge in [-0.2, -0.15) is 0 Å². The van der Waals surface area contributed by atoms with Gasteiger partial charge in [-0.3, -0.25) is 4.57 Å². The van der Waals surface area contributed by atoms with E-state index in [1.54, 1.807) is 0 Å². The van der Waals surface area contributed by atoms with Crippen molar-refractivity contribution >= 4 is 18.0 Å². The highest BCUT2D eigenvalue weighted by atomic mass is 32.7. The van der Waals surface area contributed by atoms with Crippen molar-refractivity contribution in [2.24, 2.45) is 0 Å². The fourth-order valence-corrected chi connectivity index (χ4v) is 3.85. The van der Waals surface area contributed by atoms with Crippen molar-refractivity contribution in [1.82, 2.24) is 4.90 Å². The van der Waals surface area contributed by atoms with Crippen molar-refractivity contribution in [2.75, 3.05) is 39.7 Å². The summed E-state index contributed by atoms with van der Waals surface area (Å²) >= 11 is 1.44. The SMILES string of the molecule is CCP(=O)(OC)SCCN(C)C. The molecule has 0 heterocycles. The fourth-order valence-electron chi connectivity index (χ4n) is 0.636. The number of hydrogen-bond acceptors (Lipinski definition) is 4. The lowest BCUT2D eigenvalue weighted by Crippen LogP contribution is -2.14. The maximum atomic E-state index is 11.7. The average Bonchev–Trinajstić information content (AvgIpc) is 2.03. The van der Waals surface area contributed by atoms with Crippen molar-refractivity contribution in [2.45, 2.75) is 6.92 Å². The molecular formula is C7H18NO2PS. The highest BCUT2D eigenvalue weighted by Crippen LogP contribution is 2.58. The van der Waals surface area contributed by atoms with E-state index in [9.17, 15) is 4.57 Å². The zero-order valence-electron chi connectivity index (χ0n) is 8.24. The van der Waals surface area contributed by atoms with E-state index in [4.69, 9.17) is 4.52 Å². The van der Waals surface area contributed by atoms with E-state index >= 15 is 0 Å². The number of nitrogens with zero attached hydrogens (tertiary/aromatic N) is 1. The van der Waals surface area contributed by atoms with E-state index in [-0.39, 0.29) is 0 Å². The minimum absolute atomic E-state index is 0.613. The highest BCUT2D eigenvalue weighted by molar-refractivity contribution is 8.56. The van der Waals surface area contributed by atoms with Crippen molar-refractivity contribution < 1.29 is 9.09 Å². The summed E-state index contributed by atoms with van der Waals surface area (Å²) in [5.74, 6) is 0.867. The third-order valence-electron chi connectivity index (χ3n) is 1.49. The standard InChI is InChI=1S/C7H18NO2PS/c1-5-11(9,10-4)12-7-6-8(2)3/h5-7H2,1-4H3. The van der Waals surface area contributed by atoms with E-state index in [2.05, 4.69) is 4.90 Å². The summed E-state index contributed by atoms with van der Waals surface area (Å²) in [5.41, 5.74) is 0. The zero-order chi connectivity index (χ0) is 9.61. The van der Waals surface area contributed by atoms with E-state index in [1.807, 2.05) is 21.0 Å². The largest absolute Gasteiger partial charge is 0.324 e. The van der Waals surface area contributed by atoms with Crippen LogP contribution in [0.5, 0.6) is 0 Å². The van der Waals surface area contributed by atoms with Gasteiger partial charge in [-0.1, -0.05) is 18.3 Å². The third-order valence-corrected chi connectivity index (χ3v) is 6.53. The zero-order valence-corrected chi connectivity index (χ0v) is 9.95. The van der Waals surface area contributed by atoms with Crippen molar-refractivity contribution in [3.63, 3.8) is 0 Å². The van der Waals surface area contributed by atoms with E-state index < -0.39 is 6.57 Å². The van der Waals surface area contributed by atoms with Gasteiger partial charge in [0.1, 0.15) is 0 Å². The summed E-state index contributed by atoms with van der Waals surface area (Å²) in [4.78, 5) is 2.07. The fraction of sp³-hybridized carbons (Fsp3) is 1.00. The van der Waals surface area contributed by atoms with Crippen molar-refractivity contribution in [3.8, 4) is 0 Å². The first-order chi connectivity index (χ1) is 5.54. The van der Waals surface area contributed by atoms with Gasteiger partial charge in [-0.15, -0.1) is 0 Å². The molecule has 0 saturated carbocycles. The van der Waals surface area contributed by atoms with Gasteiger partial charge in [0.25, 0.3) is 6.57 Å². The van der Waals surface area contributed by atoms with Gasteiger partial charge in [0.2, 0.25) is 0 Å². The first-order valence-corrected chi connectivity index (χ1v) is 7.38. The predicted octanol–water partition coefficient (Wildman–Crippen LogP) is 2.14. The molecule has 0 radical (unpaired) electrons. The lowest BCUT2D eigenvalue weighted by atomic mass is 10.7. The maximum absolute atomic E-state index is 11.7. The Balaban J connectivity index is 3.67. The number of rotatable bonds is 6. The minimum atomic E-state index is -2.35. The molecule has 0 aromatic rings. The Morgan fingerprint density at radius 2 is 2.08 bits per heavy atom. The lowest BCUT2D eigenvalue weighted by Gasteiger charge is -2.14. The molecule has 0 N–H and O–H groups in total. The molecule has 0 aliphatic heterocycles. The van der Waals surface area contributed by atoms with Gasteiger partial charge in [0.05, 0.1) is 0 Å². The van der Waals surface area contributed by atoms with Crippen LogP contribution in [0.1, 0.15) is 6.92 Å². The van der Waals surface area contributed by atoms with E-state index in [0.29, 0.717) is 6.16 Å². The van der Waals surface area contributed by atoms with Gasteiger partial charge in [0.15, 0.2) is 0 Å². The summed E-state index contributed by atoms with van der Waals surface area (Å²) in [5, 5.41) is 0. The van der Waals surface area contributed by atoms with Gasteiger partial charge >= 0.3 is 0 Å². The molecule has 1 atom stereocenters. The molecule has 0 fully saturated rings. The Labute approximate surface area is 79.1 Å². The molecule has 5 heteroatoms. The second-order valence-electron chi connectivity index (χ2n) is 2.75. The Bertz CT molecular complexity index is 155. The van der Waals surface area contributed by atoms with Crippen LogP contribution in [0.25, 0.3) is 0 Å². The molecule has 1 unspecified atom stereocenters. The van der Waals surface area contributed by atoms with Crippen LogP contribution in [-0.4, -0.2) is 44.6 Å². The molecular weight excluding hydrogens is 193 g/mol. The van der Waals surface area contributed by atoms with Crippen LogP contribution in [0.4, 0.5) is 0 Å². The Morgan fingerprint density at radius 3 is 2.42 bits per heavy atom. The van der Waals surface area contributed by atoms with Crippen LogP contribution >= 0.6 is 18.0 Å². The van der Waals surface area contributed by atoms with Crippen LogP contribution in [0.15, 0.2) is 0 Å². The predicted molar refractivity (Wildman–Crippen MR) is 56.2 cm³/mol. The van der Waals surface area contributed by atoms with Crippen LogP contribution in [0, 0.1) is 0 Å². The van der Waals surface area contributed by atoms with Gasteiger partial charge in [-0.05, 0) is 14.1 Å². The lowest BCUT2D eigenvalue weighted by molar-refractivity contribution is 0.409. The normalized spacial score (nSPS) is 16.4. The molecule has 74 valence electrons. The summed E-state index contributed by atoms with van der Waals surface area (Å²) in [7, 11) is 5.53. The van der Waals surface area contributed by atoms with Gasteiger partial charge in [0, 0.05) is 25.6 Å². The summed E-state index contributed by atoms with van der Waals surface area (Å²) < 4.78 is 16.6. The monoisotopic (exact) mass is 211 g/mol. The van der Waals surface area contributed by atoms with E-state index in [1.165, 1.54) is 18.5 Å². The summed E-state index contributed by atoms with van der Waals surface area (Å²) in [6.07, 6.45) is 0.613. The molecule has 12 heavy (non-hydrogen) atoms. The quantitative estimate of drug-likeness (QED) is 0.629. The second-order valence-corrected chi connectivity index (χ2v) is 8.08. The van der Waals surface area contributed by atoms with Crippen LogP contribution in [0.2, 0.25) is 0 Å². The molecule has 0 aliphatic carbocycles. The second kappa shape index (κ2) is 6.03. The Hall–Kier alpha value is 0.500. The topological polar surface area (TPSA) is 29.5 Å². The molecule has 0 aliphatic rings. The molecule has 0 aromatic carbocycles. The summed E-state index contributed by atoms with van der Waals surface area (Å²) in [6, 6.07) is 0. The van der Waals surface area contributed by atoms with Crippen molar-refractivity contribution in [1.29, 1.82) is 0 Å².